The Labute approximate surface area is 123 Å². The van der Waals surface area contributed by atoms with E-state index in [1.807, 2.05) is 20.8 Å². The maximum Gasteiger partial charge on any atom is 0.320 e. The molecular formula is C13H22N6O2. The third-order valence-corrected chi connectivity index (χ3v) is 3.11. The molecule has 2 rings (SSSR count). The number of carbonyl (C=O) groups is 2. The van der Waals surface area contributed by atoms with Crippen molar-refractivity contribution in [3.63, 3.8) is 0 Å². The molecular weight excluding hydrogens is 272 g/mol. The van der Waals surface area contributed by atoms with Crippen LogP contribution >= 0.6 is 0 Å². The van der Waals surface area contributed by atoms with Gasteiger partial charge in [-0.25, -0.2) is 9.48 Å². The zero-order valence-corrected chi connectivity index (χ0v) is 12.6. The van der Waals surface area contributed by atoms with Crippen molar-refractivity contribution < 1.29 is 9.59 Å². The van der Waals surface area contributed by atoms with Gasteiger partial charge in [-0.05, 0) is 20.3 Å². The quantitative estimate of drug-likeness (QED) is 0.656. The highest BCUT2D eigenvalue weighted by Crippen LogP contribution is 2.16. The van der Waals surface area contributed by atoms with Gasteiger partial charge in [0.15, 0.2) is 6.29 Å². The fourth-order valence-electron chi connectivity index (χ4n) is 2.20. The minimum atomic E-state index is -0.462. The van der Waals surface area contributed by atoms with Crippen LogP contribution in [0.15, 0.2) is 6.07 Å². The highest BCUT2D eigenvalue weighted by atomic mass is 16.2. The van der Waals surface area contributed by atoms with Crippen molar-refractivity contribution in [2.24, 2.45) is 0 Å². The molecule has 116 valence electrons. The van der Waals surface area contributed by atoms with Crippen LogP contribution in [0.4, 0.5) is 10.6 Å². The molecule has 0 aromatic carbocycles. The van der Waals surface area contributed by atoms with Gasteiger partial charge in [0, 0.05) is 25.1 Å². The number of hydrogen-bond donors (Lipinski definition) is 4. The Balaban J connectivity index is 2.12. The molecule has 2 heterocycles. The first-order valence-corrected chi connectivity index (χ1v) is 7.16. The molecule has 0 spiro atoms. The largest absolute Gasteiger partial charge is 0.338 e. The summed E-state index contributed by atoms with van der Waals surface area (Å²) in [6, 6.07) is 1.53. The van der Waals surface area contributed by atoms with E-state index in [9.17, 15) is 9.59 Å². The van der Waals surface area contributed by atoms with E-state index in [-0.39, 0.29) is 18.0 Å². The van der Waals surface area contributed by atoms with Crippen molar-refractivity contribution >= 4 is 17.8 Å². The van der Waals surface area contributed by atoms with E-state index in [0.717, 1.165) is 12.1 Å². The zero-order valence-electron chi connectivity index (χ0n) is 12.6. The molecule has 4 N–H and O–H groups in total. The molecule has 21 heavy (non-hydrogen) atoms. The van der Waals surface area contributed by atoms with E-state index in [4.69, 9.17) is 0 Å². The van der Waals surface area contributed by atoms with Gasteiger partial charge >= 0.3 is 6.03 Å². The van der Waals surface area contributed by atoms with Gasteiger partial charge in [-0.1, -0.05) is 6.92 Å². The van der Waals surface area contributed by atoms with Gasteiger partial charge in [-0.2, -0.15) is 5.10 Å². The van der Waals surface area contributed by atoms with Crippen LogP contribution in [-0.4, -0.2) is 34.3 Å². The van der Waals surface area contributed by atoms with Gasteiger partial charge in [0.2, 0.25) is 5.91 Å². The molecule has 1 aliphatic heterocycles. The Morgan fingerprint density at radius 1 is 1.57 bits per heavy atom. The third-order valence-electron chi connectivity index (χ3n) is 3.11. The molecule has 1 aromatic rings. The molecule has 0 saturated carbocycles. The summed E-state index contributed by atoms with van der Waals surface area (Å²) in [6.07, 6.45) is 0.830. The van der Waals surface area contributed by atoms with E-state index in [1.165, 1.54) is 0 Å². The number of urea groups is 1. The van der Waals surface area contributed by atoms with E-state index in [1.54, 1.807) is 10.7 Å². The summed E-state index contributed by atoms with van der Waals surface area (Å²) < 4.78 is 1.58. The highest BCUT2D eigenvalue weighted by molar-refractivity contribution is 5.88. The number of nitrogens with zero attached hydrogens (tertiary/aromatic N) is 2. The van der Waals surface area contributed by atoms with Crippen molar-refractivity contribution in [2.45, 2.75) is 45.9 Å². The second-order valence-corrected chi connectivity index (χ2v) is 5.24. The maximum atomic E-state index is 11.8. The molecule has 3 amide bonds. The monoisotopic (exact) mass is 294 g/mol. The van der Waals surface area contributed by atoms with E-state index in [2.05, 4.69) is 26.4 Å². The minimum absolute atomic E-state index is 0.0409. The van der Waals surface area contributed by atoms with Crippen LogP contribution in [0.3, 0.4) is 0 Å². The molecule has 0 radical (unpaired) electrons. The Morgan fingerprint density at radius 3 is 3.00 bits per heavy atom. The fourth-order valence-corrected chi connectivity index (χ4v) is 2.20. The summed E-state index contributed by atoms with van der Waals surface area (Å²) in [5, 5.41) is 15.9. The van der Waals surface area contributed by atoms with Gasteiger partial charge in [0.25, 0.3) is 0 Å². The van der Waals surface area contributed by atoms with Crippen LogP contribution in [0.1, 0.15) is 38.7 Å². The summed E-state index contributed by atoms with van der Waals surface area (Å²) in [4.78, 5) is 23.4. The van der Waals surface area contributed by atoms with Crippen LogP contribution in [-0.2, 0) is 4.79 Å². The topological polar surface area (TPSA) is 100 Å². The molecule has 8 nitrogen and oxygen atoms in total. The number of aryl methyl sites for hydroxylation is 1. The molecule has 2 atom stereocenters. The van der Waals surface area contributed by atoms with Crippen LogP contribution in [0.25, 0.3) is 0 Å². The number of carbonyl (C=O) groups excluding carboxylic acids is 2. The van der Waals surface area contributed by atoms with Gasteiger partial charge in [0.1, 0.15) is 5.82 Å². The molecule has 0 bridgehead atoms. The summed E-state index contributed by atoms with van der Waals surface area (Å²) in [5.74, 6) is 0.494. The fraction of sp³-hybridized carbons (Fsp3) is 0.615. The Hall–Kier alpha value is -2.09. The number of anilines is 1. The molecule has 1 saturated heterocycles. The van der Waals surface area contributed by atoms with Crippen molar-refractivity contribution in [3.05, 3.63) is 11.8 Å². The Bertz CT molecular complexity index is 527. The van der Waals surface area contributed by atoms with E-state index < -0.39 is 6.29 Å². The Morgan fingerprint density at radius 2 is 2.33 bits per heavy atom. The number of rotatable bonds is 4. The van der Waals surface area contributed by atoms with Crippen molar-refractivity contribution in [1.82, 2.24) is 25.7 Å². The molecule has 1 aromatic heterocycles. The smallest absolute Gasteiger partial charge is 0.320 e. The van der Waals surface area contributed by atoms with E-state index in [0.29, 0.717) is 18.8 Å². The number of hydrogen-bond acceptors (Lipinski definition) is 4. The average Bonchev–Trinajstić information content (AvgIpc) is 2.76. The molecule has 1 fully saturated rings. The first kappa shape index (κ1) is 15.3. The summed E-state index contributed by atoms with van der Waals surface area (Å²) in [6.45, 7) is 6.36. The second kappa shape index (κ2) is 6.57. The van der Waals surface area contributed by atoms with Crippen LogP contribution in [0, 0.1) is 6.92 Å². The molecule has 8 heteroatoms. The number of nitrogens with one attached hydrogen (secondary N) is 4. The SMILES string of the molecule is CCCNC(=O)Nc1cc(C)nn1C1NC(=O)CC(C)N1. The van der Waals surface area contributed by atoms with Crippen LogP contribution in [0.5, 0.6) is 0 Å². The van der Waals surface area contributed by atoms with Crippen LogP contribution in [0.2, 0.25) is 0 Å². The molecule has 1 aliphatic rings. The average molecular weight is 294 g/mol. The normalized spacial score (nSPS) is 21.8. The summed E-state index contributed by atoms with van der Waals surface area (Å²) in [7, 11) is 0. The molecule has 0 aliphatic carbocycles. The van der Waals surface area contributed by atoms with Crippen molar-refractivity contribution in [2.75, 3.05) is 11.9 Å². The summed E-state index contributed by atoms with van der Waals surface area (Å²) in [5.41, 5.74) is 0.759. The lowest BCUT2D eigenvalue weighted by molar-refractivity contribution is -0.125. The first-order valence-electron chi connectivity index (χ1n) is 7.16. The molecule has 2 unspecified atom stereocenters. The first-order chi connectivity index (χ1) is 9.99. The second-order valence-electron chi connectivity index (χ2n) is 5.24. The standard InChI is InChI=1S/C13H22N6O2/c1-4-5-14-13(21)16-10-6-9(3)18-19(10)12-15-8(2)7-11(20)17-12/h6,8,12,15H,4-5,7H2,1-3H3,(H,17,20)(H2,14,16,21). The third kappa shape index (κ3) is 3.94. The minimum Gasteiger partial charge on any atom is -0.338 e. The lowest BCUT2D eigenvalue weighted by Crippen LogP contribution is -2.52. The highest BCUT2D eigenvalue weighted by Gasteiger charge is 2.26. The van der Waals surface area contributed by atoms with Crippen molar-refractivity contribution in [3.8, 4) is 0 Å². The van der Waals surface area contributed by atoms with Crippen molar-refractivity contribution in [1.29, 1.82) is 0 Å². The van der Waals surface area contributed by atoms with Crippen LogP contribution < -0.4 is 21.3 Å². The maximum absolute atomic E-state index is 11.8. The lowest BCUT2D eigenvalue weighted by atomic mass is 10.2. The van der Waals surface area contributed by atoms with Gasteiger partial charge in [0.05, 0.1) is 5.69 Å². The predicted molar refractivity (Wildman–Crippen MR) is 78.7 cm³/mol. The zero-order chi connectivity index (χ0) is 15.4. The summed E-state index contributed by atoms with van der Waals surface area (Å²) >= 11 is 0. The van der Waals surface area contributed by atoms with E-state index >= 15 is 0 Å². The number of amides is 3. The lowest BCUT2D eigenvalue weighted by Gasteiger charge is -2.30. The van der Waals surface area contributed by atoms with Gasteiger partial charge in [-0.15, -0.1) is 0 Å². The predicted octanol–water partition coefficient (Wildman–Crippen LogP) is 0.677. The van der Waals surface area contributed by atoms with Gasteiger partial charge in [-0.3, -0.25) is 15.4 Å². The Kier molecular flexibility index (Phi) is 4.79. The number of aromatic nitrogens is 2. The van der Waals surface area contributed by atoms with Gasteiger partial charge < -0.3 is 10.6 Å².